The van der Waals surface area contributed by atoms with E-state index in [0.717, 1.165) is 25.0 Å². The minimum atomic E-state index is -0.673. The molecule has 0 aliphatic heterocycles. The Bertz CT molecular complexity index is 403. The lowest BCUT2D eigenvalue weighted by molar-refractivity contribution is -0.120. The van der Waals surface area contributed by atoms with Gasteiger partial charge in [-0.2, -0.15) is 0 Å². The van der Waals surface area contributed by atoms with Gasteiger partial charge in [-0.25, -0.2) is 8.78 Å². The first-order valence-electron chi connectivity index (χ1n) is 6.27. The Morgan fingerprint density at radius 1 is 1.28 bits per heavy atom. The normalized spacial score (nSPS) is 10.7. The highest BCUT2D eigenvalue weighted by atomic mass is 19.1. The summed E-state index contributed by atoms with van der Waals surface area (Å²) in [5.74, 6) is -1.08. The number of carbonyl (C=O) groups excluding carboxylic acids is 1. The number of hydrogen-bond donors (Lipinski definition) is 1. The first-order valence-corrected chi connectivity index (χ1v) is 6.27. The van der Waals surface area contributed by atoms with Gasteiger partial charge in [-0.3, -0.25) is 4.79 Å². The summed E-state index contributed by atoms with van der Waals surface area (Å²) in [6.45, 7) is 4.74. The summed E-state index contributed by atoms with van der Waals surface area (Å²) in [6, 6.07) is 3.26. The summed E-state index contributed by atoms with van der Waals surface area (Å²) < 4.78 is 26.0. The highest BCUT2D eigenvalue weighted by Gasteiger charge is 2.10. The van der Waals surface area contributed by atoms with Crippen LogP contribution in [0.2, 0.25) is 0 Å². The Balaban J connectivity index is 2.49. The third-order valence-electron chi connectivity index (χ3n) is 3.11. The van der Waals surface area contributed by atoms with Gasteiger partial charge in [0.25, 0.3) is 0 Å². The molecule has 0 saturated heterocycles. The van der Waals surface area contributed by atoms with E-state index in [1.165, 1.54) is 6.07 Å². The number of halogens is 2. The van der Waals surface area contributed by atoms with Crippen molar-refractivity contribution in [2.45, 2.75) is 33.1 Å². The minimum absolute atomic E-state index is 0.0493. The summed E-state index contributed by atoms with van der Waals surface area (Å²) in [4.78, 5) is 11.6. The van der Waals surface area contributed by atoms with Gasteiger partial charge >= 0.3 is 0 Å². The molecule has 0 aliphatic carbocycles. The van der Waals surface area contributed by atoms with Crippen LogP contribution in [-0.2, 0) is 11.2 Å². The summed E-state index contributed by atoms with van der Waals surface area (Å²) in [6.07, 6.45) is 1.95. The molecular weight excluding hydrogens is 236 g/mol. The Hall–Kier alpha value is -1.45. The fraction of sp³-hybridized carbons (Fsp3) is 0.500. The van der Waals surface area contributed by atoms with Crippen molar-refractivity contribution in [3.05, 3.63) is 35.4 Å². The zero-order valence-corrected chi connectivity index (χ0v) is 10.8. The molecule has 2 nitrogen and oxygen atoms in total. The molecule has 0 aliphatic rings. The van der Waals surface area contributed by atoms with Crippen molar-refractivity contribution in [3.8, 4) is 0 Å². The first kappa shape index (κ1) is 14.6. The zero-order valence-electron chi connectivity index (χ0n) is 10.8. The average Bonchev–Trinajstić information content (AvgIpc) is 2.34. The van der Waals surface area contributed by atoms with Crippen molar-refractivity contribution < 1.29 is 13.6 Å². The molecular formula is C14H19F2NO. The topological polar surface area (TPSA) is 29.1 Å². The molecule has 1 aromatic carbocycles. The third-order valence-corrected chi connectivity index (χ3v) is 3.11. The maximum absolute atomic E-state index is 13.3. The maximum Gasteiger partial charge on any atom is 0.224 e. The van der Waals surface area contributed by atoms with Crippen LogP contribution in [0, 0.1) is 17.6 Å². The molecule has 18 heavy (non-hydrogen) atoms. The smallest absolute Gasteiger partial charge is 0.224 e. The number of nitrogens with one attached hydrogen (secondary N) is 1. The first-order chi connectivity index (χ1) is 8.56. The van der Waals surface area contributed by atoms with Gasteiger partial charge in [-0.1, -0.05) is 32.8 Å². The van der Waals surface area contributed by atoms with Gasteiger partial charge in [0.2, 0.25) is 5.91 Å². The van der Waals surface area contributed by atoms with Gasteiger partial charge in [0.1, 0.15) is 11.6 Å². The summed E-state index contributed by atoms with van der Waals surface area (Å²) in [5.41, 5.74) is 0.221. The van der Waals surface area contributed by atoms with E-state index >= 15 is 0 Å². The van der Waals surface area contributed by atoms with Crippen LogP contribution >= 0.6 is 0 Å². The van der Waals surface area contributed by atoms with Crippen LogP contribution in [-0.4, -0.2) is 12.5 Å². The molecule has 0 fully saturated rings. The van der Waals surface area contributed by atoms with Gasteiger partial charge in [-0.05, 0) is 17.5 Å². The van der Waals surface area contributed by atoms with Crippen molar-refractivity contribution in [2.75, 3.05) is 6.54 Å². The van der Waals surface area contributed by atoms with Crippen LogP contribution in [0.5, 0.6) is 0 Å². The Labute approximate surface area is 106 Å². The molecule has 0 saturated carbocycles. The quantitative estimate of drug-likeness (QED) is 0.831. The standard InChI is InChI=1S/C14H19F2NO/c1-3-10(4-2)9-17-14(18)7-11-5-6-12(15)8-13(11)16/h5-6,8,10H,3-4,7,9H2,1-2H3,(H,17,18). The van der Waals surface area contributed by atoms with Crippen molar-refractivity contribution >= 4 is 5.91 Å². The van der Waals surface area contributed by atoms with E-state index in [4.69, 9.17) is 0 Å². The average molecular weight is 255 g/mol. The fourth-order valence-electron chi connectivity index (χ4n) is 1.74. The van der Waals surface area contributed by atoms with Gasteiger partial charge in [-0.15, -0.1) is 0 Å². The third kappa shape index (κ3) is 4.43. The van der Waals surface area contributed by atoms with E-state index in [0.29, 0.717) is 12.5 Å². The van der Waals surface area contributed by atoms with E-state index in [-0.39, 0.29) is 17.9 Å². The monoisotopic (exact) mass is 255 g/mol. The van der Waals surface area contributed by atoms with Crippen LogP contribution in [0.3, 0.4) is 0 Å². The van der Waals surface area contributed by atoms with E-state index in [1.54, 1.807) is 0 Å². The van der Waals surface area contributed by atoms with Crippen LogP contribution in [0.4, 0.5) is 8.78 Å². The van der Waals surface area contributed by atoms with Crippen LogP contribution in [0.1, 0.15) is 32.3 Å². The van der Waals surface area contributed by atoms with Crippen LogP contribution < -0.4 is 5.32 Å². The zero-order chi connectivity index (χ0) is 13.5. The van der Waals surface area contributed by atoms with Gasteiger partial charge < -0.3 is 5.32 Å². The predicted molar refractivity (Wildman–Crippen MR) is 67.1 cm³/mol. The molecule has 0 heterocycles. The number of rotatable bonds is 6. The number of hydrogen-bond acceptors (Lipinski definition) is 1. The SMILES string of the molecule is CCC(CC)CNC(=O)Cc1ccc(F)cc1F. The predicted octanol–water partition coefficient (Wildman–Crippen LogP) is 3.06. The number of carbonyl (C=O) groups is 1. The molecule has 0 unspecified atom stereocenters. The summed E-state index contributed by atoms with van der Waals surface area (Å²) >= 11 is 0. The Morgan fingerprint density at radius 3 is 2.50 bits per heavy atom. The molecule has 1 aromatic rings. The lowest BCUT2D eigenvalue weighted by Gasteiger charge is -2.13. The van der Waals surface area contributed by atoms with E-state index in [1.807, 2.05) is 0 Å². The molecule has 0 spiro atoms. The number of amides is 1. The second-order valence-electron chi connectivity index (χ2n) is 4.40. The Morgan fingerprint density at radius 2 is 1.94 bits per heavy atom. The van der Waals surface area contributed by atoms with Crippen molar-refractivity contribution in [1.82, 2.24) is 5.32 Å². The van der Waals surface area contributed by atoms with Gasteiger partial charge in [0, 0.05) is 12.6 Å². The highest BCUT2D eigenvalue weighted by Crippen LogP contribution is 2.10. The lowest BCUT2D eigenvalue weighted by Crippen LogP contribution is -2.30. The fourth-order valence-corrected chi connectivity index (χ4v) is 1.74. The lowest BCUT2D eigenvalue weighted by atomic mass is 10.0. The second-order valence-corrected chi connectivity index (χ2v) is 4.40. The molecule has 0 radical (unpaired) electrons. The molecule has 1 N–H and O–H groups in total. The van der Waals surface area contributed by atoms with Crippen molar-refractivity contribution in [1.29, 1.82) is 0 Å². The molecule has 1 amide bonds. The van der Waals surface area contributed by atoms with Crippen molar-refractivity contribution in [3.63, 3.8) is 0 Å². The maximum atomic E-state index is 13.3. The molecule has 100 valence electrons. The molecule has 1 rings (SSSR count). The van der Waals surface area contributed by atoms with Gasteiger partial charge in [0.05, 0.1) is 6.42 Å². The minimum Gasteiger partial charge on any atom is -0.356 e. The summed E-state index contributed by atoms with van der Waals surface area (Å²) in [7, 11) is 0. The van der Waals surface area contributed by atoms with E-state index in [9.17, 15) is 13.6 Å². The molecule has 0 aromatic heterocycles. The van der Waals surface area contributed by atoms with Crippen LogP contribution in [0.15, 0.2) is 18.2 Å². The molecule has 0 bridgehead atoms. The van der Waals surface area contributed by atoms with E-state index in [2.05, 4.69) is 19.2 Å². The van der Waals surface area contributed by atoms with Crippen LogP contribution in [0.25, 0.3) is 0 Å². The number of benzene rings is 1. The largest absolute Gasteiger partial charge is 0.356 e. The highest BCUT2D eigenvalue weighted by molar-refractivity contribution is 5.78. The second kappa shape index (κ2) is 7.09. The summed E-state index contributed by atoms with van der Waals surface area (Å²) in [5, 5.41) is 2.78. The van der Waals surface area contributed by atoms with Crippen molar-refractivity contribution in [2.24, 2.45) is 5.92 Å². The molecule has 0 atom stereocenters. The van der Waals surface area contributed by atoms with Gasteiger partial charge in [0.15, 0.2) is 0 Å². The molecule has 4 heteroatoms. The van der Waals surface area contributed by atoms with E-state index < -0.39 is 11.6 Å². The Kier molecular flexibility index (Phi) is 5.75.